The van der Waals surface area contributed by atoms with E-state index < -0.39 is 41.6 Å². The molecule has 11 heteroatoms. The molecule has 0 aromatic carbocycles. The molecule has 48 heavy (non-hydrogen) atoms. The summed E-state index contributed by atoms with van der Waals surface area (Å²) in [6.07, 6.45) is 14.0. The molecule has 2 aliphatic carbocycles. The molecule has 2 unspecified atom stereocenters. The van der Waals surface area contributed by atoms with Gasteiger partial charge in [0.05, 0.1) is 12.2 Å². The summed E-state index contributed by atoms with van der Waals surface area (Å²) in [5.74, 6) is -3.06. The highest BCUT2D eigenvalue weighted by molar-refractivity contribution is 6.38. The van der Waals surface area contributed by atoms with Crippen molar-refractivity contribution in [3.05, 3.63) is 24.3 Å². The van der Waals surface area contributed by atoms with Crippen LogP contribution in [0, 0.1) is 29.6 Å². The number of carbonyl (C=O) groups excluding carboxylic acids is 6. The molecule has 2 N–H and O–H groups in total. The van der Waals surface area contributed by atoms with Gasteiger partial charge in [0, 0.05) is 37.7 Å². The third-order valence-electron chi connectivity index (χ3n) is 10.8. The molecule has 2 saturated carbocycles. The summed E-state index contributed by atoms with van der Waals surface area (Å²) in [5, 5.41) is 5.91. The number of hydrogen-bond donors (Lipinski definition) is 2. The lowest BCUT2D eigenvalue weighted by molar-refractivity contribution is -0.144. The lowest BCUT2D eigenvalue weighted by Crippen LogP contribution is -2.59. The van der Waals surface area contributed by atoms with E-state index in [0.717, 1.165) is 44.9 Å². The van der Waals surface area contributed by atoms with Gasteiger partial charge >= 0.3 is 0 Å². The van der Waals surface area contributed by atoms with Crippen LogP contribution in [0.2, 0.25) is 0 Å². The topological polar surface area (TPSA) is 156 Å². The van der Waals surface area contributed by atoms with Crippen LogP contribution in [-0.2, 0) is 24.0 Å². The smallest absolute Gasteiger partial charge is 0.272 e. The summed E-state index contributed by atoms with van der Waals surface area (Å²) in [4.78, 5) is 91.2. The van der Waals surface area contributed by atoms with Crippen LogP contribution < -0.4 is 10.6 Å². The molecule has 264 valence electrons. The monoisotopic (exact) mass is 665 g/mol. The number of aromatic nitrogens is 2. The molecule has 6 atom stereocenters. The van der Waals surface area contributed by atoms with Gasteiger partial charge in [-0.3, -0.25) is 33.8 Å². The van der Waals surface area contributed by atoms with E-state index in [-0.39, 0.29) is 59.7 Å². The minimum Gasteiger partial charge on any atom is -0.342 e. The fourth-order valence-corrected chi connectivity index (χ4v) is 7.52. The van der Waals surface area contributed by atoms with E-state index in [1.165, 1.54) is 18.6 Å². The van der Waals surface area contributed by atoms with Gasteiger partial charge in [-0.25, -0.2) is 4.98 Å². The molecule has 0 bridgehead atoms. The predicted molar refractivity (Wildman–Crippen MR) is 181 cm³/mol. The van der Waals surface area contributed by atoms with E-state index in [0.29, 0.717) is 38.6 Å². The highest BCUT2D eigenvalue weighted by Gasteiger charge is 2.45. The lowest BCUT2D eigenvalue weighted by Gasteiger charge is -2.35. The van der Waals surface area contributed by atoms with Gasteiger partial charge in [-0.2, -0.15) is 0 Å². The van der Waals surface area contributed by atoms with Crippen molar-refractivity contribution in [1.82, 2.24) is 25.5 Å². The molecular weight excluding hydrogens is 610 g/mol. The molecule has 3 amide bonds. The molecule has 0 spiro atoms. The Morgan fingerprint density at radius 3 is 2.27 bits per heavy atom. The van der Waals surface area contributed by atoms with Crippen molar-refractivity contribution in [3.63, 3.8) is 0 Å². The van der Waals surface area contributed by atoms with Crippen molar-refractivity contribution >= 4 is 35.1 Å². The minimum atomic E-state index is -0.902. The van der Waals surface area contributed by atoms with Gasteiger partial charge in [0.15, 0.2) is 11.6 Å². The first-order valence-electron chi connectivity index (χ1n) is 18.4. The molecular formula is C37H55N5O6. The zero-order valence-electron chi connectivity index (χ0n) is 29.2. The van der Waals surface area contributed by atoms with Crippen molar-refractivity contribution in [2.75, 3.05) is 6.54 Å². The Labute approximate surface area is 285 Å². The number of likely N-dealkylation sites (tertiary alicyclic amines) is 1. The number of amides is 3. The molecule has 11 nitrogen and oxygen atoms in total. The zero-order valence-corrected chi connectivity index (χ0v) is 29.2. The van der Waals surface area contributed by atoms with Gasteiger partial charge < -0.3 is 15.5 Å². The van der Waals surface area contributed by atoms with E-state index in [1.54, 1.807) is 4.90 Å². The number of ketones is 3. The average Bonchev–Trinajstić information content (AvgIpc) is 3.82. The van der Waals surface area contributed by atoms with Crippen LogP contribution in [0.15, 0.2) is 18.6 Å². The minimum absolute atomic E-state index is 0.0629. The van der Waals surface area contributed by atoms with Gasteiger partial charge in [0.1, 0.15) is 17.8 Å². The van der Waals surface area contributed by atoms with Gasteiger partial charge in [0.2, 0.25) is 17.6 Å². The molecule has 3 aliphatic rings. The van der Waals surface area contributed by atoms with E-state index in [4.69, 9.17) is 0 Å². The predicted octanol–water partition coefficient (Wildman–Crippen LogP) is 4.63. The maximum atomic E-state index is 14.4. The molecule has 4 rings (SSSR count). The highest BCUT2D eigenvalue weighted by Crippen LogP contribution is 2.35. The van der Waals surface area contributed by atoms with E-state index in [1.807, 2.05) is 27.7 Å². The first-order chi connectivity index (χ1) is 23.1. The lowest BCUT2D eigenvalue weighted by atomic mass is 9.83. The molecule has 2 heterocycles. The Morgan fingerprint density at radius 2 is 1.67 bits per heavy atom. The average molecular weight is 666 g/mol. The molecule has 1 saturated heterocycles. The van der Waals surface area contributed by atoms with Crippen LogP contribution >= 0.6 is 0 Å². The molecule has 0 radical (unpaired) electrons. The fourth-order valence-electron chi connectivity index (χ4n) is 7.52. The Bertz CT molecular complexity index is 1290. The SMILES string of the molecule is CCCC(CC(=O)[C@@H]1[C@@H](CC)CCN1C(=O)[C@@H](NC(=O)[C@@H](NC(=O)c1cnccn1)C1CCCCC1)C(C)CC)C(=O)C(=O)CC1CC1. The van der Waals surface area contributed by atoms with Crippen LogP contribution in [0.4, 0.5) is 0 Å². The molecule has 1 aromatic rings. The van der Waals surface area contributed by atoms with Gasteiger partial charge in [-0.05, 0) is 62.2 Å². The summed E-state index contributed by atoms with van der Waals surface area (Å²) in [6, 6.07) is -2.48. The molecule has 1 aromatic heterocycles. The first-order valence-corrected chi connectivity index (χ1v) is 18.4. The standard InChI is InChI=1S/C37H55N5O6/c1-5-11-27(34(45)30(44)20-24-14-15-24)21-29(43)33-25(7-3)16-19-42(33)37(48)31(23(4)6-2)40-36(47)32(26-12-9-8-10-13-26)41-35(46)28-22-38-17-18-39-28/h17-18,22-27,31-33H,5-16,19-21H2,1-4H3,(H,40,47)(H,41,46)/t23?,25-,27?,31-,32-,33-/m0/s1. The first kappa shape index (κ1) is 37.3. The highest BCUT2D eigenvalue weighted by atomic mass is 16.2. The normalized spacial score (nSPS) is 22.3. The molecule has 3 fully saturated rings. The van der Waals surface area contributed by atoms with Gasteiger partial charge in [0.25, 0.3) is 5.91 Å². The fraction of sp³-hybridized carbons (Fsp3) is 0.730. The van der Waals surface area contributed by atoms with Crippen LogP contribution in [0.25, 0.3) is 0 Å². The zero-order chi connectivity index (χ0) is 34.8. The van der Waals surface area contributed by atoms with Crippen molar-refractivity contribution in [1.29, 1.82) is 0 Å². The third-order valence-corrected chi connectivity index (χ3v) is 10.8. The number of nitrogens with one attached hydrogen (secondary N) is 2. The van der Waals surface area contributed by atoms with Crippen LogP contribution in [-0.4, -0.2) is 74.6 Å². The summed E-state index contributed by atoms with van der Waals surface area (Å²) < 4.78 is 0. The summed E-state index contributed by atoms with van der Waals surface area (Å²) >= 11 is 0. The van der Waals surface area contributed by atoms with Crippen LogP contribution in [0.1, 0.15) is 128 Å². The number of carbonyl (C=O) groups is 6. The van der Waals surface area contributed by atoms with Crippen LogP contribution in [0.5, 0.6) is 0 Å². The summed E-state index contributed by atoms with van der Waals surface area (Å²) in [5.41, 5.74) is 0.110. The Hall–Kier alpha value is -3.50. The summed E-state index contributed by atoms with van der Waals surface area (Å²) in [7, 11) is 0. The molecule has 1 aliphatic heterocycles. The van der Waals surface area contributed by atoms with Crippen molar-refractivity contribution < 1.29 is 28.8 Å². The third kappa shape index (κ3) is 9.56. The largest absolute Gasteiger partial charge is 0.342 e. The number of nitrogens with zero attached hydrogens (tertiary/aromatic N) is 3. The van der Waals surface area contributed by atoms with Crippen molar-refractivity contribution in [2.45, 2.75) is 136 Å². The van der Waals surface area contributed by atoms with E-state index in [9.17, 15) is 28.8 Å². The Kier molecular flexibility index (Phi) is 13.8. The Balaban J connectivity index is 1.53. The quantitative estimate of drug-likeness (QED) is 0.215. The van der Waals surface area contributed by atoms with E-state index in [2.05, 4.69) is 20.6 Å². The van der Waals surface area contributed by atoms with Crippen LogP contribution in [0.3, 0.4) is 0 Å². The van der Waals surface area contributed by atoms with E-state index >= 15 is 0 Å². The maximum Gasteiger partial charge on any atom is 0.272 e. The number of Topliss-reactive ketones (excluding diaryl/α,β-unsaturated/α-hetero) is 3. The second-order valence-corrected chi connectivity index (χ2v) is 14.3. The number of hydrogen-bond acceptors (Lipinski definition) is 8. The Morgan fingerprint density at radius 1 is 0.938 bits per heavy atom. The van der Waals surface area contributed by atoms with Crippen molar-refractivity contribution in [3.8, 4) is 0 Å². The number of rotatable bonds is 18. The van der Waals surface area contributed by atoms with Gasteiger partial charge in [-0.15, -0.1) is 0 Å². The second kappa shape index (κ2) is 17.8. The maximum absolute atomic E-state index is 14.4. The summed E-state index contributed by atoms with van der Waals surface area (Å²) in [6.45, 7) is 8.16. The van der Waals surface area contributed by atoms with Gasteiger partial charge in [-0.1, -0.05) is 66.2 Å². The van der Waals surface area contributed by atoms with Crippen molar-refractivity contribution in [2.24, 2.45) is 29.6 Å². The second-order valence-electron chi connectivity index (χ2n) is 14.3.